The van der Waals surface area contributed by atoms with Gasteiger partial charge in [0.15, 0.2) is 0 Å². The Hall–Kier alpha value is -0.200. The Balaban J connectivity index is 1.94. The lowest BCUT2D eigenvalue weighted by molar-refractivity contribution is -0.144. The Morgan fingerprint density at radius 1 is 1.21 bits per heavy atom. The van der Waals surface area contributed by atoms with Crippen LogP contribution in [0.1, 0.15) is 0 Å². The molecular weight excluding hydrogens is 184 g/mol. The summed E-state index contributed by atoms with van der Waals surface area (Å²) in [5.74, 6) is 0. The van der Waals surface area contributed by atoms with E-state index in [0.717, 1.165) is 0 Å². The van der Waals surface area contributed by atoms with Gasteiger partial charge in [0.2, 0.25) is 0 Å². The summed E-state index contributed by atoms with van der Waals surface area (Å²) in [6, 6.07) is 0.590. The SMILES string of the molecule is NC[C@H](O)CN1C2COCC1COC2. The number of hydrogen-bond acceptors (Lipinski definition) is 5. The molecule has 2 rings (SSSR count). The molecule has 0 aromatic carbocycles. The van der Waals surface area contributed by atoms with Crippen molar-refractivity contribution in [2.45, 2.75) is 18.2 Å². The molecule has 0 aromatic heterocycles. The largest absolute Gasteiger partial charge is 0.390 e. The normalized spacial score (nSPS) is 35.6. The van der Waals surface area contributed by atoms with Gasteiger partial charge in [-0.3, -0.25) is 4.90 Å². The zero-order chi connectivity index (χ0) is 9.97. The Labute approximate surface area is 83.8 Å². The zero-order valence-corrected chi connectivity index (χ0v) is 8.26. The van der Waals surface area contributed by atoms with Crippen LogP contribution in [0.15, 0.2) is 0 Å². The minimum Gasteiger partial charge on any atom is -0.390 e. The van der Waals surface area contributed by atoms with E-state index in [4.69, 9.17) is 15.2 Å². The van der Waals surface area contributed by atoms with Crippen LogP contribution in [0.2, 0.25) is 0 Å². The molecule has 14 heavy (non-hydrogen) atoms. The first-order valence-electron chi connectivity index (χ1n) is 5.10. The Morgan fingerprint density at radius 2 is 1.71 bits per heavy atom. The molecular formula is C9H18N2O3. The lowest BCUT2D eigenvalue weighted by Gasteiger charge is -2.45. The van der Waals surface area contributed by atoms with E-state index in [9.17, 15) is 5.11 Å². The molecule has 2 saturated heterocycles. The van der Waals surface area contributed by atoms with Gasteiger partial charge in [0, 0.05) is 13.1 Å². The van der Waals surface area contributed by atoms with Gasteiger partial charge in [-0.25, -0.2) is 0 Å². The summed E-state index contributed by atoms with van der Waals surface area (Å²) in [7, 11) is 0. The van der Waals surface area contributed by atoms with Crippen LogP contribution in [-0.2, 0) is 9.47 Å². The van der Waals surface area contributed by atoms with Crippen molar-refractivity contribution in [2.24, 2.45) is 5.73 Å². The highest BCUT2D eigenvalue weighted by Crippen LogP contribution is 2.19. The molecule has 2 aliphatic heterocycles. The van der Waals surface area contributed by atoms with Gasteiger partial charge in [-0.15, -0.1) is 0 Å². The average molecular weight is 202 g/mol. The highest BCUT2D eigenvalue weighted by molar-refractivity contribution is 4.87. The fourth-order valence-electron chi connectivity index (χ4n) is 2.07. The quantitative estimate of drug-likeness (QED) is 0.577. The molecule has 2 fully saturated rings. The number of fused-ring (bicyclic) bond motifs is 2. The molecule has 3 N–H and O–H groups in total. The van der Waals surface area contributed by atoms with Crippen molar-refractivity contribution in [1.82, 2.24) is 4.90 Å². The highest BCUT2D eigenvalue weighted by atomic mass is 16.5. The monoisotopic (exact) mass is 202 g/mol. The lowest BCUT2D eigenvalue weighted by atomic mass is 10.1. The molecule has 2 aliphatic rings. The second-order valence-electron chi connectivity index (χ2n) is 3.97. The molecule has 0 spiro atoms. The smallest absolute Gasteiger partial charge is 0.0789 e. The van der Waals surface area contributed by atoms with Crippen LogP contribution in [0.5, 0.6) is 0 Å². The molecule has 0 radical (unpaired) electrons. The summed E-state index contributed by atoms with van der Waals surface area (Å²) in [6.45, 7) is 3.76. The number of nitrogens with zero attached hydrogens (tertiary/aromatic N) is 1. The maximum atomic E-state index is 9.52. The van der Waals surface area contributed by atoms with Crippen molar-refractivity contribution in [3.8, 4) is 0 Å². The third-order valence-electron chi connectivity index (χ3n) is 2.87. The second kappa shape index (κ2) is 4.55. The van der Waals surface area contributed by atoms with Gasteiger partial charge in [0.1, 0.15) is 0 Å². The van der Waals surface area contributed by atoms with E-state index in [-0.39, 0.29) is 0 Å². The second-order valence-corrected chi connectivity index (χ2v) is 3.97. The van der Waals surface area contributed by atoms with Crippen LogP contribution < -0.4 is 5.73 Å². The molecule has 2 bridgehead atoms. The molecule has 2 heterocycles. The van der Waals surface area contributed by atoms with Crippen molar-refractivity contribution < 1.29 is 14.6 Å². The summed E-state index contributed by atoms with van der Waals surface area (Å²) < 4.78 is 10.9. The van der Waals surface area contributed by atoms with Crippen molar-refractivity contribution in [3.05, 3.63) is 0 Å². The number of rotatable bonds is 3. The predicted octanol–water partition coefficient (Wildman–Crippen LogP) is -1.59. The fraction of sp³-hybridized carbons (Fsp3) is 1.00. The minimum atomic E-state index is -0.434. The molecule has 0 aliphatic carbocycles. The molecule has 0 saturated carbocycles. The van der Waals surface area contributed by atoms with Gasteiger partial charge in [-0.05, 0) is 0 Å². The van der Waals surface area contributed by atoms with Gasteiger partial charge in [0.25, 0.3) is 0 Å². The van der Waals surface area contributed by atoms with E-state index in [1.165, 1.54) is 0 Å². The predicted molar refractivity (Wildman–Crippen MR) is 51.0 cm³/mol. The Bertz CT molecular complexity index is 169. The van der Waals surface area contributed by atoms with Crippen LogP contribution in [0.4, 0.5) is 0 Å². The number of nitrogens with two attached hydrogens (primary N) is 1. The number of aliphatic hydroxyl groups is 1. The van der Waals surface area contributed by atoms with Crippen LogP contribution in [0.25, 0.3) is 0 Å². The highest BCUT2D eigenvalue weighted by Gasteiger charge is 2.35. The molecule has 5 nitrogen and oxygen atoms in total. The minimum absolute atomic E-state index is 0.295. The summed E-state index contributed by atoms with van der Waals surface area (Å²) in [5, 5.41) is 9.52. The van der Waals surface area contributed by atoms with E-state index >= 15 is 0 Å². The van der Waals surface area contributed by atoms with Gasteiger partial charge < -0.3 is 20.3 Å². The van der Waals surface area contributed by atoms with E-state index in [2.05, 4.69) is 4.90 Å². The summed E-state index contributed by atoms with van der Waals surface area (Å²) in [4.78, 5) is 2.27. The van der Waals surface area contributed by atoms with Crippen LogP contribution in [0, 0.1) is 0 Å². The van der Waals surface area contributed by atoms with E-state index in [0.29, 0.717) is 51.6 Å². The van der Waals surface area contributed by atoms with Gasteiger partial charge in [-0.2, -0.15) is 0 Å². The van der Waals surface area contributed by atoms with Crippen LogP contribution >= 0.6 is 0 Å². The van der Waals surface area contributed by atoms with Crippen LogP contribution in [-0.4, -0.2) is 67.7 Å². The standard InChI is InChI=1S/C9H18N2O3/c10-1-9(12)2-11-7-3-13-5-8(11)6-14-4-7/h7-9,12H,1-6,10H2/t7?,8?,9-/m0/s1. The van der Waals surface area contributed by atoms with E-state index < -0.39 is 6.10 Å². The summed E-state index contributed by atoms with van der Waals surface area (Å²) in [5.41, 5.74) is 5.40. The maximum Gasteiger partial charge on any atom is 0.0789 e. The lowest BCUT2D eigenvalue weighted by Crippen LogP contribution is -2.61. The fourth-order valence-corrected chi connectivity index (χ4v) is 2.07. The maximum absolute atomic E-state index is 9.52. The van der Waals surface area contributed by atoms with Gasteiger partial charge in [0.05, 0.1) is 44.6 Å². The molecule has 0 aromatic rings. The molecule has 82 valence electrons. The van der Waals surface area contributed by atoms with Gasteiger partial charge >= 0.3 is 0 Å². The molecule has 5 heteroatoms. The van der Waals surface area contributed by atoms with E-state index in [1.54, 1.807) is 0 Å². The van der Waals surface area contributed by atoms with Gasteiger partial charge in [-0.1, -0.05) is 0 Å². The van der Waals surface area contributed by atoms with Crippen molar-refractivity contribution in [3.63, 3.8) is 0 Å². The number of aliphatic hydroxyl groups excluding tert-OH is 1. The van der Waals surface area contributed by atoms with Crippen molar-refractivity contribution >= 4 is 0 Å². The third kappa shape index (κ3) is 2.07. The first-order chi connectivity index (χ1) is 6.81. The zero-order valence-electron chi connectivity index (χ0n) is 8.26. The summed E-state index contributed by atoms with van der Waals surface area (Å²) in [6.07, 6.45) is -0.434. The number of ether oxygens (including phenoxy) is 2. The number of hydrogen-bond donors (Lipinski definition) is 2. The Morgan fingerprint density at radius 3 is 2.14 bits per heavy atom. The average Bonchev–Trinajstić information content (AvgIpc) is 2.17. The first kappa shape index (κ1) is 10.3. The van der Waals surface area contributed by atoms with E-state index in [1.807, 2.05) is 0 Å². The molecule has 1 atom stereocenters. The number of morpholine rings is 2. The van der Waals surface area contributed by atoms with Crippen LogP contribution in [0.3, 0.4) is 0 Å². The van der Waals surface area contributed by atoms with Crippen molar-refractivity contribution in [1.29, 1.82) is 0 Å². The Kier molecular flexibility index (Phi) is 3.35. The van der Waals surface area contributed by atoms with Crippen molar-refractivity contribution in [2.75, 3.05) is 39.5 Å². The summed E-state index contributed by atoms with van der Waals surface area (Å²) >= 11 is 0. The molecule has 0 unspecified atom stereocenters. The molecule has 0 amide bonds. The topological polar surface area (TPSA) is 68.0 Å². The third-order valence-corrected chi connectivity index (χ3v) is 2.87. The first-order valence-corrected chi connectivity index (χ1v) is 5.10.